The molecule has 1 aromatic heterocycles. The van der Waals surface area contributed by atoms with Crippen molar-refractivity contribution in [3.63, 3.8) is 0 Å². The predicted molar refractivity (Wildman–Crippen MR) is 117 cm³/mol. The molecule has 0 aliphatic carbocycles. The molecule has 0 aliphatic heterocycles. The highest BCUT2D eigenvalue weighted by Gasteiger charge is 2.33. The van der Waals surface area contributed by atoms with Gasteiger partial charge in [-0.05, 0) is 36.4 Å². The van der Waals surface area contributed by atoms with Crippen LogP contribution >= 0.6 is 11.6 Å². The number of carbonyl (C=O) groups is 1. The Morgan fingerprint density at radius 3 is 2.43 bits per heavy atom. The lowest BCUT2D eigenvalue weighted by Crippen LogP contribution is -2.31. The lowest BCUT2D eigenvalue weighted by atomic mass is 10.0. The zero-order valence-corrected chi connectivity index (χ0v) is 19.6. The number of nitrogens with one attached hydrogen (secondary N) is 1. The summed E-state index contributed by atoms with van der Waals surface area (Å²) in [6, 6.07) is 7.90. The standard InChI is InChI=1S/C22H17ClF4N2O5S/c1-33-17-8-4-7-16(24)18(17)20(30)19-15(10-13(23)11-28-19)21(34-2)29-35(31,32)14-6-3-5-12(9-14)22(25,26)27/h3-11,21,29H,1-2H3. The summed E-state index contributed by atoms with van der Waals surface area (Å²) in [5.41, 5.74) is -2.27. The van der Waals surface area contributed by atoms with Crippen molar-refractivity contribution in [2.24, 2.45) is 0 Å². The lowest BCUT2D eigenvalue weighted by Gasteiger charge is -2.20. The van der Waals surface area contributed by atoms with E-state index < -0.39 is 55.7 Å². The first kappa shape index (κ1) is 26.5. The van der Waals surface area contributed by atoms with Gasteiger partial charge >= 0.3 is 6.18 Å². The molecule has 0 saturated carbocycles. The highest BCUT2D eigenvalue weighted by atomic mass is 35.5. The molecule has 186 valence electrons. The number of ether oxygens (including phenoxy) is 2. The fourth-order valence-corrected chi connectivity index (χ4v) is 4.49. The molecule has 0 aliphatic rings. The molecule has 13 heteroatoms. The van der Waals surface area contributed by atoms with Crippen molar-refractivity contribution in [2.45, 2.75) is 17.3 Å². The molecule has 0 saturated heterocycles. The second-order valence-corrected chi connectivity index (χ2v) is 9.15. The Labute approximate surface area is 202 Å². The normalized spacial score (nSPS) is 12.9. The molecule has 35 heavy (non-hydrogen) atoms. The molecule has 1 unspecified atom stereocenters. The van der Waals surface area contributed by atoms with Crippen LogP contribution < -0.4 is 9.46 Å². The Morgan fingerprint density at radius 2 is 1.80 bits per heavy atom. The largest absolute Gasteiger partial charge is 0.496 e. The van der Waals surface area contributed by atoms with Crippen molar-refractivity contribution in [1.29, 1.82) is 0 Å². The quantitative estimate of drug-likeness (QED) is 0.255. The van der Waals surface area contributed by atoms with Crippen molar-refractivity contribution in [1.82, 2.24) is 9.71 Å². The molecular weight excluding hydrogens is 516 g/mol. The lowest BCUT2D eigenvalue weighted by molar-refractivity contribution is -0.137. The van der Waals surface area contributed by atoms with Crippen LogP contribution in [0.3, 0.4) is 0 Å². The number of hydrogen-bond donors (Lipinski definition) is 1. The number of carbonyl (C=O) groups excluding carboxylic acids is 1. The van der Waals surface area contributed by atoms with Crippen molar-refractivity contribution in [2.75, 3.05) is 14.2 Å². The fraction of sp³-hybridized carbons (Fsp3) is 0.182. The monoisotopic (exact) mass is 532 g/mol. The minimum atomic E-state index is -4.78. The molecule has 0 fully saturated rings. The highest BCUT2D eigenvalue weighted by Crippen LogP contribution is 2.32. The summed E-state index contributed by atoms with van der Waals surface area (Å²) in [5, 5.41) is -0.0163. The van der Waals surface area contributed by atoms with Gasteiger partial charge in [-0.25, -0.2) is 12.8 Å². The summed E-state index contributed by atoms with van der Waals surface area (Å²) < 4.78 is 91.7. The molecule has 0 spiro atoms. The number of rotatable bonds is 8. The number of alkyl halides is 3. The van der Waals surface area contributed by atoms with Crippen LogP contribution in [0.2, 0.25) is 5.02 Å². The molecule has 7 nitrogen and oxygen atoms in total. The number of hydrogen-bond acceptors (Lipinski definition) is 6. The number of ketones is 1. The maximum absolute atomic E-state index is 14.5. The Bertz CT molecular complexity index is 1370. The summed E-state index contributed by atoms with van der Waals surface area (Å²) in [4.78, 5) is 16.4. The van der Waals surface area contributed by atoms with Crippen molar-refractivity contribution in [3.8, 4) is 5.75 Å². The molecule has 1 atom stereocenters. The zero-order valence-electron chi connectivity index (χ0n) is 18.1. The van der Waals surface area contributed by atoms with Crippen molar-refractivity contribution in [3.05, 3.63) is 88.0 Å². The van der Waals surface area contributed by atoms with E-state index in [-0.39, 0.29) is 16.3 Å². The zero-order chi connectivity index (χ0) is 26.0. The summed E-state index contributed by atoms with van der Waals surface area (Å²) in [7, 11) is -2.29. The third-order valence-corrected chi connectivity index (χ3v) is 6.38. The molecule has 3 rings (SSSR count). The van der Waals surface area contributed by atoms with Crippen molar-refractivity contribution < 1.29 is 40.2 Å². The van der Waals surface area contributed by atoms with Crippen LogP contribution in [0, 0.1) is 5.82 Å². The first-order valence-electron chi connectivity index (χ1n) is 9.64. The van der Waals surface area contributed by atoms with Gasteiger partial charge in [-0.2, -0.15) is 17.9 Å². The Hall–Kier alpha value is -3.06. The van der Waals surface area contributed by atoms with E-state index in [0.29, 0.717) is 12.1 Å². The molecule has 0 radical (unpaired) electrons. The SMILES string of the molecule is COc1cccc(F)c1C(=O)c1ncc(Cl)cc1C(NS(=O)(=O)c1cccc(C(F)(F)F)c1)OC. The number of pyridine rings is 1. The Kier molecular flexibility index (Phi) is 7.80. The average Bonchev–Trinajstić information content (AvgIpc) is 2.81. The number of aromatic nitrogens is 1. The van der Waals surface area contributed by atoms with Gasteiger partial charge in [-0.1, -0.05) is 23.7 Å². The van der Waals surface area contributed by atoms with Gasteiger partial charge in [0.15, 0.2) is 0 Å². The first-order chi connectivity index (χ1) is 16.4. The number of nitrogens with zero attached hydrogens (tertiary/aromatic N) is 1. The number of benzene rings is 2. The number of methoxy groups -OCH3 is 2. The Balaban J connectivity index is 2.07. The van der Waals surface area contributed by atoms with Gasteiger partial charge in [0.25, 0.3) is 0 Å². The van der Waals surface area contributed by atoms with Gasteiger partial charge in [-0.15, -0.1) is 0 Å². The first-order valence-corrected chi connectivity index (χ1v) is 11.5. The predicted octanol–water partition coefficient (Wildman–Crippen LogP) is 4.76. The van der Waals surface area contributed by atoms with Gasteiger partial charge < -0.3 is 9.47 Å². The van der Waals surface area contributed by atoms with Crippen LogP contribution in [0.15, 0.2) is 59.6 Å². The van der Waals surface area contributed by atoms with Crippen LogP contribution in [0.4, 0.5) is 17.6 Å². The minimum absolute atomic E-state index is 0.0163. The third-order valence-electron chi connectivity index (χ3n) is 4.77. The molecule has 0 amide bonds. The highest BCUT2D eigenvalue weighted by molar-refractivity contribution is 7.89. The summed E-state index contributed by atoms with van der Waals surface area (Å²) in [6.45, 7) is 0. The molecule has 2 aromatic carbocycles. The van der Waals surface area contributed by atoms with E-state index in [1.54, 1.807) is 0 Å². The van der Waals surface area contributed by atoms with E-state index in [0.717, 1.165) is 37.6 Å². The van der Waals surface area contributed by atoms with Crippen LogP contribution in [0.25, 0.3) is 0 Å². The van der Waals surface area contributed by atoms with Gasteiger partial charge in [-0.3, -0.25) is 9.78 Å². The third kappa shape index (κ3) is 5.78. The molecule has 1 heterocycles. The van der Waals surface area contributed by atoms with Crippen LogP contribution in [0.5, 0.6) is 5.75 Å². The van der Waals surface area contributed by atoms with Gasteiger partial charge in [0, 0.05) is 18.9 Å². The van der Waals surface area contributed by atoms with Gasteiger partial charge in [0.1, 0.15) is 29.1 Å². The van der Waals surface area contributed by atoms with E-state index in [2.05, 4.69) is 9.71 Å². The molecule has 0 bridgehead atoms. The summed E-state index contributed by atoms with van der Waals surface area (Å²) in [6.07, 6.45) is -5.32. The van der Waals surface area contributed by atoms with Gasteiger partial charge in [0.05, 0.1) is 22.6 Å². The van der Waals surface area contributed by atoms with E-state index in [4.69, 9.17) is 21.1 Å². The molecule has 1 N–H and O–H groups in total. The van der Waals surface area contributed by atoms with Crippen LogP contribution in [0.1, 0.15) is 33.4 Å². The van der Waals surface area contributed by atoms with Gasteiger partial charge in [0.2, 0.25) is 15.8 Å². The van der Waals surface area contributed by atoms with Crippen LogP contribution in [-0.4, -0.2) is 33.4 Å². The number of sulfonamides is 1. The smallest absolute Gasteiger partial charge is 0.416 e. The van der Waals surface area contributed by atoms with E-state index in [1.807, 2.05) is 0 Å². The second-order valence-electron chi connectivity index (χ2n) is 7.00. The fourth-order valence-electron chi connectivity index (χ4n) is 3.14. The maximum Gasteiger partial charge on any atom is 0.416 e. The topological polar surface area (TPSA) is 94.6 Å². The molecular formula is C22H17ClF4N2O5S. The molecule has 3 aromatic rings. The van der Waals surface area contributed by atoms with E-state index in [1.165, 1.54) is 19.2 Å². The van der Waals surface area contributed by atoms with E-state index >= 15 is 0 Å². The summed E-state index contributed by atoms with van der Waals surface area (Å²) in [5.74, 6) is -1.99. The van der Waals surface area contributed by atoms with Crippen molar-refractivity contribution >= 4 is 27.4 Å². The van der Waals surface area contributed by atoms with E-state index in [9.17, 15) is 30.8 Å². The Morgan fingerprint density at radius 1 is 1.11 bits per heavy atom. The maximum atomic E-state index is 14.5. The number of halogens is 5. The summed E-state index contributed by atoms with van der Waals surface area (Å²) >= 11 is 5.99. The minimum Gasteiger partial charge on any atom is -0.496 e. The van der Waals surface area contributed by atoms with Crippen LogP contribution in [-0.2, 0) is 20.9 Å². The second kappa shape index (κ2) is 10.3. The average molecular weight is 533 g/mol.